The van der Waals surface area contributed by atoms with E-state index in [0.29, 0.717) is 34.4 Å². The molecule has 0 N–H and O–H groups in total. The lowest BCUT2D eigenvalue weighted by Gasteiger charge is -2.18. The van der Waals surface area contributed by atoms with Crippen molar-refractivity contribution in [1.82, 2.24) is 9.55 Å². The second kappa shape index (κ2) is 7.38. The van der Waals surface area contributed by atoms with Crippen LogP contribution in [0.15, 0.2) is 35.4 Å². The molecule has 3 heterocycles. The van der Waals surface area contributed by atoms with Crippen molar-refractivity contribution in [1.29, 1.82) is 0 Å². The highest BCUT2D eigenvalue weighted by Gasteiger charge is 2.28. The van der Waals surface area contributed by atoms with Crippen LogP contribution in [0.3, 0.4) is 0 Å². The number of fused-ring (bicyclic) bond motifs is 2. The molecule has 0 saturated heterocycles. The topological polar surface area (TPSA) is 89.3 Å². The number of nitrogens with zero attached hydrogens (tertiary/aromatic N) is 3. The number of Topliss-reactive ketones (excluding diaryl/α,β-unsaturated/α-hetero) is 1. The number of anilines is 1. The number of benzene rings is 1. The van der Waals surface area contributed by atoms with Crippen LogP contribution in [0, 0.1) is 0 Å². The number of carbonyl (C=O) groups is 1. The maximum atomic E-state index is 12.8. The minimum Gasteiger partial charge on any atom is -0.292 e. The number of rotatable bonds is 6. The first kappa shape index (κ1) is 19.8. The van der Waals surface area contributed by atoms with Crippen LogP contribution in [-0.4, -0.2) is 36.0 Å². The zero-order chi connectivity index (χ0) is 20.8. The van der Waals surface area contributed by atoms with Crippen molar-refractivity contribution in [3.8, 4) is 0 Å². The lowest BCUT2D eigenvalue weighted by Crippen LogP contribution is -2.30. The summed E-state index contributed by atoms with van der Waals surface area (Å²) < 4.78 is 27.1. The van der Waals surface area contributed by atoms with Gasteiger partial charge >= 0.3 is 0 Å². The van der Waals surface area contributed by atoms with Crippen molar-refractivity contribution in [3.05, 3.63) is 57.0 Å². The Bertz CT molecular complexity index is 1270. The molecule has 29 heavy (non-hydrogen) atoms. The van der Waals surface area contributed by atoms with Gasteiger partial charge in [0.25, 0.3) is 5.56 Å². The van der Waals surface area contributed by atoms with Crippen LogP contribution >= 0.6 is 11.3 Å². The summed E-state index contributed by atoms with van der Waals surface area (Å²) in [4.78, 5) is 31.6. The van der Waals surface area contributed by atoms with Crippen LogP contribution in [0.1, 0.15) is 34.6 Å². The summed E-state index contributed by atoms with van der Waals surface area (Å²) >= 11 is 1.49. The summed E-state index contributed by atoms with van der Waals surface area (Å²) in [5.74, 6) is -0.174. The molecule has 0 unspecified atom stereocenters. The molecular weight excluding hydrogens is 410 g/mol. The fourth-order valence-corrected chi connectivity index (χ4v) is 5.62. The van der Waals surface area contributed by atoms with Crippen molar-refractivity contribution in [2.75, 3.05) is 16.6 Å². The molecule has 0 radical (unpaired) electrons. The third-order valence-electron chi connectivity index (χ3n) is 5.19. The van der Waals surface area contributed by atoms with Gasteiger partial charge in [0.05, 0.1) is 29.7 Å². The number of hydrogen-bond acceptors (Lipinski definition) is 6. The van der Waals surface area contributed by atoms with Gasteiger partial charge in [-0.3, -0.25) is 18.5 Å². The monoisotopic (exact) mass is 431 g/mol. The molecular formula is C20H21N3O4S2. The van der Waals surface area contributed by atoms with E-state index in [2.05, 4.69) is 4.98 Å². The van der Waals surface area contributed by atoms with Crippen molar-refractivity contribution in [3.63, 3.8) is 0 Å². The van der Waals surface area contributed by atoms with Crippen LogP contribution in [0.4, 0.5) is 5.69 Å². The zero-order valence-corrected chi connectivity index (χ0v) is 17.8. The lowest BCUT2D eigenvalue weighted by atomic mass is 10.1. The zero-order valence-electron chi connectivity index (χ0n) is 16.2. The van der Waals surface area contributed by atoms with E-state index in [-0.39, 0.29) is 23.6 Å². The van der Waals surface area contributed by atoms with Gasteiger partial charge in [-0.05, 0) is 49.6 Å². The molecule has 152 valence electrons. The van der Waals surface area contributed by atoms with Crippen molar-refractivity contribution in [2.45, 2.75) is 33.2 Å². The predicted octanol–water partition coefficient (Wildman–Crippen LogP) is 2.62. The Morgan fingerprint density at radius 1 is 1.24 bits per heavy atom. The number of thiophene rings is 1. The fourth-order valence-electron chi connectivity index (χ4n) is 3.53. The molecule has 1 aromatic carbocycles. The van der Waals surface area contributed by atoms with Gasteiger partial charge in [0.15, 0.2) is 5.78 Å². The predicted molar refractivity (Wildman–Crippen MR) is 115 cm³/mol. The molecule has 0 fully saturated rings. The Kier molecular flexibility index (Phi) is 5.04. The van der Waals surface area contributed by atoms with E-state index in [4.69, 9.17) is 0 Å². The van der Waals surface area contributed by atoms with E-state index in [0.717, 1.165) is 16.9 Å². The van der Waals surface area contributed by atoms with Gasteiger partial charge in [0.1, 0.15) is 4.83 Å². The molecule has 9 heteroatoms. The molecule has 2 aromatic heterocycles. The molecule has 0 aliphatic carbocycles. The van der Waals surface area contributed by atoms with Crippen LogP contribution in [0.5, 0.6) is 0 Å². The SMILES string of the molecule is CCc1cc2c(=O)n(CC(=O)c3ccc4c(c3)CCN4S(=O)(=O)CC)cnc2s1. The molecule has 0 bridgehead atoms. The smallest absolute Gasteiger partial charge is 0.262 e. The van der Waals surface area contributed by atoms with Gasteiger partial charge < -0.3 is 0 Å². The van der Waals surface area contributed by atoms with E-state index in [9.17, 15) is 18.0 Å². The quantitative estimate of drug-likeness (QED) is 0.560. The van der Waals surface area contributed by atoms with Gasteiger partial charge in [0, 0.05) is 17.0 Å². The summed E-state index contributed by atoms with van der Waals surface area (Å²) in [6.45, 7) is 3.92. The molecule has 1 aliphatic rings. The maximum absolute atomic E-state index is 12.8. The molecule has 0 spiro atoms. The number of carbonyl (C=O) groups excluding carboxylic acids is 1. The van der Waals surface area contributed by atoms with E-state index in [1.165, 1.54) is 26.5 Å². The Morgan fingerprint density at radius 3 is 2.76 bits per heavy atom. The Balaban J connectivity index is 1.61. The summed E-state index contributed by atoms with van der Waals surface area (Å²) in [6, 6.07) is 6.88. The molecule has 7 nitrogen and oxygen atoms in total. The maximum Gasteiger partial charge on any atom is 0.262 e. The first-order valence-corrected chi connectivity index (χ1v) is 11.9. The molecule has 4 rings (SSSR count). The average molecular weight is 432 g/mol. The third-order valence-corrected chi connectivity index (χ3v) is 8.15. The standard InChI is InChI=1S/C20H21N3O4S2/c1-3-15-10-16-19(28-15)21-12-22(20(16)25)11-18(24)14-5-6-17-13(9-14)7-8-23(17)29(26,27)4-2/h5-6,9-10,12H,3-4,7-8,11H2,1-2H3. The number of hydrogen-bond donors (Lipinski definition) is 0. The first-order valence-electron chi connectivity index (χ1n) is 9.48. The van der Waals surface area contributed by atoms with E-state index >= 15 is 0 Å². The average Bonchev–Trinajstić information content (AvgIpc) is 3.34. The fraction of sp³-hybridized carbons (Fsp3) is 0.350. The molecule has 0 amide bonds. The summed E-state index contributed by atoms with van der Waals surface area (Å²) in [6.07, 6.45) is 2.82. The minimum atomic E-state index is -3.32. The number of sulfonamides is 1. The normalized spacial score (nSPS) is 13.8. The van der Waals surface area contributed by atoms with Gasteiger partial charge in [0.2, 0.25) is 10.0 Å². The van der Waals surface area contributed by atoms with Crippen molar-refractivity contribution < 1.29 is 13.2 Å². The van der Waals surface area contributed by atoms with Gasteiger partial charge in [-0.2, -0.15) is 0 Å². The molecule has 3 aromatic rings. The van der Waals surface area contributed by atoms with Crippen molar-refractivity contribution >= 4 is 43.0 Å². The third kappa shape index (κ3) is 3.49. The molecule has 1 aliphatic heterocycles. The van der Waals surface area contributed by atoms with Crippen LogP contribution in [-0.2, 0) is 29.4 Å². The number of aromatic nitrogens is 2. The van der Waals surface area contributed by atoms with Gasteiger partial charge in [-0.25, -0.2) is 13.4 Å². The lowest BCUT2D eigenvalue weighted by molar-refractivity contribution is 0.0970. The Morgan fingerprint density at radius 2 is 2.03 bits per heavy atom. The minimum absolute atomic E-state index is 0.0356. The van der Waals surface area contributed by atoms with Crippen molar-refractivity contribution in [2.24, 2.45) is 0 Å². The molecule has 0 atom stereocenters. The summed E-state index contributed by atoms with van der Waals surface area (Å²) in [5.41, 5.74) is 1.71. The van der Waals surface area contributed by atoms with Crippen LogP contribution in [0.2, 0.25) is 0 Å². The van der Waals surface area contributed by atoms with Gasteiger partial charge in [-0.1, -0.05) is 6.92 Å². The second-order valence-corrected chi connectivity index (χ2v) is 10.2. The summed E-state index contributed by atoms with van der Waals surface area (Å²) in [5, 5.41) is 0.538. The van der Waals surface area contributed by atoms with Gasteiger partial charge in [-0.15, -0.1) is 11.3 Å². The van der Waals surface area contributed by atoms with E-state index in [1.54, 1.807) is 25.1 Å². The highest BCUT2D eigenvalue weighted by atomic mass is 32.2. The van der Waals surface area contributed by atoms with E-state index < -0.39 is 10.0 Å². The van der Waals surface area contributed by atoms with Crippen LogP contribution in [0.25, 0.3) is 10.2 Å². The Labute approximate surface area is 172 Å². The first-order chi connectivity index (χ1) is 13.8. The highest BCUT2D eigenvalue weighted by molar-refractivity contribution is 7.92. The Hall–Kier alpha value is -2.52. The summed E-state index contributed by atoms with van der Waals surface area (Å²) in [7, 11) is -3.32. The van der Waals surface area contributed by atoms with E-state index in [1.807, 2.05) is 13.0 Å². The largest absolute Gasteiger partial charge is 0.292 e. The van der Waals surface area contributed by atoms with Crippen LogP contribution < -0.4 is 9.86 Å². The number of aryl methyl sites for hydroxylation is 1. The molecule has 0 saturated carbocycles. The highest BCUT2D eigenvalue weighted by Crippen LogP contribution is 2.31. The second-order valence-electron chi connectivity index (χ2n) is 6.95. The number of ketones is 1.